The Morgan fingerprint density at radius 3 is 2.37 bits per heavy atom. The molecule has 3 heteroatoms. The van der Waals surface area contributed by atoms with E-state index in [0.717, 1.165) is 18.6 Å². The average Bonchev–Trinajstić information content (AvgIpc) is 2.34. The molecule has 0 aliphatic rings. The maximum absolute atomic E-state index is 5.63. The molecule has 0 N–H and O–H groups in total. The second-order valence-corrected chi connectivity index (χ2v) is 5.32. The summed E-state index contributed by atoms with van der Waals surface area (Å²) >= 11 is 0. The molecule has 0 radical (unpaired) electrons. The van der Waals surface area contributed by atoms with E-state index in [2.05, 4.69) is 31.1 Å². The standard InChI is InChI=1S/C16H25NO2/c1-13(2)12-15-6-8-16(9-7-15)18-11-5-10-17-19-14(3)4/h6-10,13-14H,5,11-12H2,1-4H3/b17-10+. The molecule has 0 saturated heterocycles. The van der Waals surface area contributed by atoms with Gasteiger partial charge in [0.1, 0.15) is 11.9 Å². The minimum Gasteiger partial charge on any atom is -0.493 e. The normalized spacial score (nSPS) is 11.5. The monoisotopic (exact) mass is 263 g/mol. The molecule has 0 fully saturated rings. The van der Waals surface area contributed by atoms with Crippen molar-refractivity contribution < 1.29 is 9.57 Å². The SMILES string of the molecule is CC(C)Cc1ccc(OCC/C=N/OC(C)C)cc1. The van der Waals surface area contributed by atoms with E-state index in [1.807, 2.05) is 26.0 Å². The van der Waals surface area contributed by atoms with Crippen molar-refractivity contribution in [3.8, 4) is 5.75 Å². The largest absolute Gasteiger partial charge is 0.493 e. The Balaban J connectivity index is 2.24. The van der Waals surface area contributed by atoms with Crippen LogP contribution in [0.2, 0.25) is 0 Å². The summed E-state index contributed by atoms with van der Waals surface area (Å²) in [5.74, 6) is 1.59. The number of oxime groups is 1. The zero-order valence-corrected chi connectivity index (χ0v) is 12.4. The lowest BCUT2D eigenvalue weighted by atomic mass is 10.0. The molecule has 0 spiro atoms. The van der Waals surface area contributed by atoms with Crippen LogP contribution in [0.25, 0.3) is 0 Å². The molecule has 0 bridgehead atoms. The van der Waals surface area contributed by atoms with Crippen LogP contribution in [0.1, 0.15) is 39.7 Å². The van der Waals surface area contributed by atoms with Crippen molar-refractivity contribution in [3.05, 3.63) is 29.8 Å². The lowest BCUT2D eigenvalue weighted by Gasteiger charge is -2.07. The Bertz CT molecular complexity index is 369. The Morgan fingerprint density at radius 2 is 1.79 bits per heavy atom. The van der Waals surface area contributed by atoms with Crippen molar-refractivity contribution in [1.82, 2.24) is 0 Å². The summed E-state index contributed by atoms with van der Waals surface area (Å²) in [4.78, 5) is 5.06. The van der Waals surface area contributed by atoms with E-state index in [1.54, 1.807) is 6.21 Å². The first-order valence-electron chi connectivity index (χ1n) is 6.97. The highest BCUT2D eigenvalue weighted by Crippen LogP contribution is 2.14. The van der Waals surface area contributed by atoms with Crippen LogP contribution in [0.4, 0.5) is 0 Å². The molecule has 0 aliphatic heterocycles. The fourth-order valence-corrected chi connectivity index (χ4v) is 1.64. The fraction of sp³-hybridized carbons (Fsp3) is 0.562. The van der Waals surface area contributed by atoms with Gasteiger partial charge >= 0.3 is 0 Å². The van der Waals surface area contributed by atoms with Crippen molar-refractivity contribution in [2.24, 2.45) is 11.1 Å². The van der Waals surface area contributed by atoms with Gasteiger partial charge in [-0.25, -0.2) is 0 Å². The third-order valence-electron chi connectivity index (χ3n) is 2.43. The van der Waals surface area contributed by atoms with E-state index in [1.165, 1.54) is 5.56 Å². The summed E-state index contributed by atoms with van der Waals surface area (Å²) in [6, 6.07) is 8.32. The molecule has 1 aromatic carbocycles. The van der Waals surface area contributed by atoms with Crippen LogP contribution in [0, 0.1) is 5.92 Å². The predicted octanol–water partition coefficient (Wildman–Crippen LogP) is 4.06. The van der Waals surface area contributed by atoms with E-state index in [-0.39, 0.29) is 6.10 Å². The first kappa shape index (κ1) is 15.5. The molecular weight excluding hydrogens is 238 g/mol. The van der Waals surface area contributed by atoms with Gasteiger partial charge < -0.3 is 9.57 Å². The Kier molecular flexibility index (Phi) is 7.01. The third kappa shape index (κ3) is 7.50. The topological polar surface area (TPSA) is 30.8 Å². The smallest absolute Gasteiger partial charge is 0.121 e. The van der Waals surface area contributed by atoms with Crippen LogP contribution in [0.3, 0.4) is 0 Å². The lowest BCUT2D eigenvalue weighted by molar-refractivity contribution is 0.0866. The van der Waals surface area contributed by atoms with Crippen molar-refractivity contribution in [3.63, 3.8) is 0 Å². The number of benzene rings is 1. The molecule has 3 nitrogen and oxygen atoms in total. The zero-order valence-electron chi connectivity index (χ0n) is 12.4. The molecule has 1 aromatic rings. The number of ether oxygens (including phenoxy) is 1. The fourth-order valence-electron chi connectivity index (χ4n) is 1.64. The third-order valence-corrected chi connectivity index (χ3v) is 2.43. The summed E-state index contributed by atoms with van der Waals surface area (Å²) in [5, 5.41) is 3.84. The van der Waals surface area contributed by atoms with Gasteiger partial charge in [0.15, 0.2) is 0 Å². The van der Waals surface area contributed by atoms with Gasteiger partial charge in [-0.3, -0.25) is 0 Å². The maximum Gasteiger partial charge on any atom is 0.121 e. The highest BCUT2D eigenvalue weighted by molar-refractivity contribution is 5.56. The van der Waals surface area contributed by atoms with Gasteiger partial charge in [-0.2, -0.15) is 0 Å². The van der Waals surface area contributed by atoms with Crippen LogP contribution >= 0.6 is 0 Å². The average molecular weight is 263 g/mol. The summed E-state index contributed by atoms with van der Waals surface area (Å²) in [6.45, 7) is 8.97. The van der Waals surface area contributed by atoms with Crippen LogP contribution in [0.5, 0.6) is 5.75 Å². The Hall–Kier alpha value is -1.51. The highest BCUT2D eigenvalue weighted by Gasteiger charge is 1.98. The molecule has 0 aliphatic carbocycles. The zero-order chi connectivity index (χ0) is 14.1. The van der Waals surface area contributed by atoms with E-state index >= 15 is 0 Å². The van der Waals surface area contributed by atoms with E-state index < -0.39 is 0 Å². The minimum atomic E-state index is 0.130. The van der Waals surface area contributed by atoms with Gasteiger partial charge in [0.2, 0.25) is 0 Å². The van der Waals surface area contributed by atoms with Crippen molar-refractivity contribution in [2.45, 2.75) is 46.6 Å². The molecule has 19 heavy (non-hydrogen) atoms. The summed E-state index contributed by atoms with van der Waals surface area (Å²) in [5.41, 5.74) is 1.36. The van der Waals surface area contributed by atoms with Gasteiger partial charge in [-0.15, -0.1) is 0 Å². The van der Waals surface area contributed by atoms with Crippen LogP contribution in [0.15, 0.2) is 29.4 Å². The molecule has 0 aromatic heterocycles. The molecule has 0 atom stereocenters. The number of rotatable bonds is 8. The van der Waals surface area contributed by atoms with Gasteiger partial charge in [0.05, 0.1) is 6.61 Å². The van der Waals surface area contributed by atoms with Gasteiger partial charge in [0, 0.05) is 12.6 Å². The lowest BCUT2D eigenvalue weighted by Crippen LogP contribution is -2.00. The summed E-state index contributed by atoms with van der Waals surface area (Å²) < 4.78 is 5.63. The van der Waals surface area contributed by atoms with Crippen molar-refractivity contribution >= 4 is 6.21 Å². The van der Waals surface area contributed by atoms with E-state index in [4.69, 9.17) is 9.57 Å². The number of hydrogen-bond donors (Lipinski definition) is 0. The molecule has 0 saturated carbocycles. The molecule has 106 valence electrons. The van der Waals surface area contributed by atoms with Gasteiger partial charge in [-0.1, -0.05) is 31.1 Å². The first-order valence-corrected chi connectivity index (χ1v) is 6.97. The van der Waals surface area contributed by atoms with E-state index in [9.17, 15) is 0 Å². The highest BCUT2D eigenvalue weighted by atomic mass is 16.6. The van der Waals surface area contributed by atoms with Gasteiger partial charge in [-0.05, 0) is 43.9 Å². The molecule has 0 heterocycles. The molecular formula is C16H25NO2. The van der Waals surface area contributed by atoms with Crippen LogP contribution in [-0.4, -0.2) is 18.9 Å². The van der Waals surface area contributed by atoms with Crippen LogP contribution in [-0.2, 0) is 11.3 Å². The van der Waals surface area contributed by atoms with Crippen molar-refractivity contribution in [2.75, 3.05) is 6.61 Å². The summed E-state index contributed by atoms with van der Waals surface area (Å²) in [7, 11) is 0. The number of nitrogens with zero attached hydrogens (tertiary/aromatic N) is 1. The first-order chi connectivity index (χ1) is 9.08. The van der Waals surface area contributed by atoms with Crippen LogP contribution < -0.4 is 4.74 Å². The number of hydrogen-bond acceptors (Lipinski definition) is 3. The Labute approximate surface area is 116 Å². The van der Waals surface area contributed by atoms with E-state index in [0.29, 0.717) is 12.5 Å². The quantitative estimate of drug-likeness (QED) is 0.402. The van der Waals surface area contributed by atoms with Gasteiger partial charge in [0.25, 0.3) is 0 Å². The predicted molar refractivity (Wildman–Crippen MR) is 79.8 cm³/mol. The summed E-state index contributed by atoms with van der Waals surface area (Å²) in [6.07, 6.45) is 3.73. The maximum atomic E-state index is 5.63. The molecule has 1 rings (SSSR count). The Morgan fingerprint density at radius 1 is 1.11 bits per heavy atom. The second kappa shape index (κ2) is 8.57. The minimum absolute atomic E-state index is 0.130. The molecule has 0 amide bonds. The second-order valence-electron chi connectivity index (χ2n) is 5.32. The van der Waals surface area contributed by atoms with Crippen molar-refractivity contribution in [1.29, 1.82) is 0 Å². The molecule has 0 unspecified atom stereocenters.